The van der Waals surface area contributed by atoms with E-state index in [4.69, 9.17) is 0 Å². The second-order valence-electron chi connectivity index (χ2n) is 6.70. The predicted octanol–water partition coefficient (Wildman–Crippen LogP) is 0.998. The van der Waals surface area contributed by atoms with Gasteiger partial charge in [0.25, 0.3) is 5.56 Å². The summed E-state index contributed by atoms with van der Waals surface area (Å²) in [6.45, 7) is 2.93. The summed E-state index contributed by atoms with van der Waals surface area (Å²) in [4.78, 5) is 42.8. The van der Waals surface area contributed by atoms with Gasteiger partial charge in [-0.15, -0.1) is 0 Å². The first-order valence-electron chi connectivity index (χ1n) is 8.24. The lowest BCUT2D eigenvalue weighted by molar-refractivity contribution is -0.134. The third kappa shape index (κ3) is 2.38. The van der Waals surface area contributed by atoms with Crippen molar-refractivity contribution in [3.8, 4) is 0 Å². The third-order valence-corrected chi connectivity index (χ3v) is 5.27. The molecule has 24 heavy (non-hydrogen) atoms. The minimum Gasteiger partial charge on any atom is -0.336 e. The molecule has 124 valence electrons. The fourth-order valence-corrected chi connectivity index (χ4v) is 3.90. The summed E-state index contributed by atoms with van der Waals surface area (Å²) in [7, 11) is 0. The molecule has 1 aromatic heterocycles. The van der Waals surface area contributed by atoms with Gasteiger partial charge in [0, 0.05) is 23.7 Å². The average Bonchev–Trinajstić information content (AvgIpc) is 3.25. The number of nitrogens with zero attached hydrogens (tertiary/aromatic N) is 1. The van der Waals surface area contributed by atoms with E-state index in [1.807, 2.05) is 18.2 Å². The molecule has 1 aliphatic heterocycles. The molecule has 6 nitrogen and oxygen atoms in total. The second-order valence-corrected chi connectivity index (χ2v) is 6.70. The highest BCUT2D eigenvalue weighted by Gasteiger charge is 2.53. The van der Waals surface area contributed by atoms with Crippen LogP contribution in [0.3, 0.4) is 0 Å². The standard InChI is InChI=1S/C18H19N3O3/c1-10-14(11-5-3-2-4-6-11)15(10)17(23)21-8-7-12-13(9-21)19-18(24)20-16(12)22/h2-6,10,14-15H,7-9H2,1H3,(H2,19,20,22,24). The number of nitrogens with one attached hydrogen (secondary N) is 2. The van der Waals surface area contributed by atoms with Crippen molar-refractivity contribution in [2.24, 2.45) is 11.8 Å². The Morgan fingerprint density at radius 2 is 1.92 bits per heavy atom. The largest absolute Gasteiger partial charge is 0.336 e. The van der Waals surface area contributed by atoms with Crippen molar-refractivity contribution in [2.45, 2.75) is 25.8 Å². The summed E-state index contributed by atoms with van der Waals surface area (Å²) in [5.41, 5.74) is 1.48. The van der Waals surface area contributed by atoms with Crippen molar-refractivity contribution in [3.05, 3.63) is 68.0 Å². The average molecular weight is 325 g/mol. The van der Waals surface area contributed by atoms with Gasteiger partial charge in [0.1, 0.15) is 0 Å². The van der Waals surface area contributed by atoms with Crippen LogP contribution in [0.4, 0.5) is 0 Å². The molecule has 0 radical (unpaired) electrons. The molecule has 2 N–H and O–H groups in total. The maximum Gasteiger partial charge on any atom is 0.325 e. The number of hydrogen-bond acceptors (Lipinski definition) is 3. The van der Waals surface area contributed by atoms with Gasteiger partial charge in [0.15, 0.2) is 0 Å². The fraction of sp³-hybridized carbons (Fsp3) is 0.389. The number of carbonyl (C=O) groups is 1. The Hall–Kier alpha value is -2.63. The van der Waals surface area contributed by atoms with Gasteiger partial charge in [0.2, 0.25) is 5.91 Å². The van der Waals surface area contributed by atoms with E-state index in [0.29, 0.717) is 36.7 Å². The molecular formula is C18H19N3O3. The molecule has 1 fully saturated rings. The van der Waals surface area contributed by atoms with Crippen LogP contribution >= 0.6 is 0 Å². The zero-order valence-corrected chi connectivity index (χ0v) is 13.4. The minimum absolute atomic E-state index is 0.0114. The summed E-state index contributed by atoms with van der Waals surface area (Å²) < 4.78 is 0. The van der Waals surface area contributed by atoms with E-state index in [1.165, 1.54) is 5.56 Å². The normalized spacial score (nSPS) is 25.2. The van der Waals surface area contributed by atoms with E-state index in [2.05, 4.69) is 29.0 Å². The van der Waals surface area contributed by atoms with Gasteiger partial charge < -0.3 is 9.88 Å². The molecule has 6 heteroatoms. The molecule has 2 aromatic rings. The molecule has 3 atom stereocenters. The molecule has 2 heterocycles. The Labute approximate surface area is 138 Å². The van der Waals surface area contributed by atoms with Gasteiger partial charge in [-0.25, -0.2) is 4.79 Å². The molecule has 0 saturated heterocycles. The summed E-state index contributed by atoms with van der Waals surface area (Å²) in [6.07, 6.45) is 0.476. The number of aromatic nitrogens is 2. The summed E-state index contributed by atoms with van der Waals surface area (Å²) in [6, 6.07) is 10.1. The van der Waals surface area contributed by atoms with Crippen LogP contribution in [0.1, 0.15) is 29.7 Å². The molecule has 1 aliphatic carbocycles. The van der Waals surface area contributed by atoms with E-state index in [0.717, 1.165) is 0 Å². The van der Waals surface area contributed by atoms with Crippen molar-refractivity contribution >= 4 is 5.91 Å². The molecule has 1 aromatic carbocycles. The van der Waals surface area contributed by atoms with E-state index >= 15 is 0 Å². The van der Waals surface area contributed by atoms with Gasteiger partial charge in [-0.2, -0.15) is 0 Å². The molecule has 1 amide bonds. The Kier molecular flexibility index (Phi) is 3.40. The minimum atomic E-state index is -0.519. The van der Waals surface area contributed by atoms with E-state index < -0.39 is 5.69 Å². The molecule has 1 saturated carbocycles. The molecule has 0 bridgehead atoms. The van der Waals surface area contributed by atoms with Crippen molar-refractivity contribution in [1.29, 1.82) is 0 Å². The highest BCUT2D eigenvalue weighted by atomic mass is 16.2. The van der Waals surface area contributed by atoms with Crippen LogP contribution in [-0.4, -0.2) is 27.3 Å². The number of amides is 1. The maximum atomic E-state index is 12.9. The lowest BCUT2D eigenvalue weighted by Gasteiger charge is -2.28. The number of benzene rings is 1. The van der Waals surface area contributed by atoms with Gasteiger partial charge in [-0.3, -0.25) is 14.6 Å². The Morgan fingerprint density at radius 3 is 2.67 bits per heavy atom. The number of fused-ring (bicyclic) bond motifs is 1. The summed E-state index contributed by atoms with van der Waals surface area (Å²) in [5.74, 6) is 0.684. The fourth-order valence-electron chi connectivity index (χ4n) is 3.90. The molecule has 4 rings (SSSR count). The monoisotopic (exact) mass is 325 g/mol. The van der Waals surface area contributed by atoms with Crippen molar-refractivity contribution in [1.82, 2.24) is 14.9 Å². The number of aromatic amines is 2. The van der Waals surface area contributed by atoms with Crippen LogP contribution < -0.4 is 11.2 Å². The first kappa shape index (κ1) is 14.9. The lowest BCUT2D eigenvalue weighted by Crippen LogP contribution is -2.42. The number of carbonyl (C=O) groups excluding carboxylic acids is 1. The summed E-state index contributed by atoms with van der Waals surface area (Å²) >= 11 is 0. The molecule has 3 unspecified atom stereocenters. The highest BCUT2D eigenvalue weighted by Crippen LogP contribution is 2.54. The third-order valence-electron chi connectivity index (χ3n) is 5.27. The highest BCUT2D eigenvalue weighted by molar-refractivity contribution is 5.84. The van der Waals surface area contributed by atoms with E-state index in [1.54, 1.807) is 4.90 Å². The quantitative estimate of drug-likeness (QED) is 0.863. The number of hydrogen-bond donors (Lipinski definition) is 2. The van der Waals surface area contributed by atoms with Crippen molar-refractivity contribution in [2.75, 3.05) is 6.54 Å². The zero-order chi connectivity index (χ0) is 16.8. The SMILES string of the molecule is CC1C(C(=O)N2CCc3c([nH]c(=O)[nH]c3=O)C2)C1c1ccccc1. The van der Waals surface area contributed by atoms with Crippen LogP contribution in [0, 0.1) is 11.8 Å². The zero-order valence-electron chi connectivity index (χ0n) is 13.4. The van der Waals surface area contributed by atoms with Gasteiger partial charge in [0.05, 0.1) is 6.54 Å². The van der Waals surface area contributed by atoms with E-state index in [9.17, 15) is 14.4 Å². The first-order chi connectivity index (χ1) is 11.6. The Morgan fingerprint density at radius 1 is 1.17 bits per heavy atom. The van der Waals surface area contributed by atoms with E-state index in [-0.39, 0.29) is 23.3 Å². The second kappa shape index (κ2) is 5.47. The van der Waals surface area contributed by atoms with Crippen LogP contribution in [-0.2, 0) is 17.8 Å². The predicted molar refractivity (Wildman–Crippen MR) is 88.6 cm³/mol. The van der Waals surface area contributed by atoms with Crippen LogP contribution in [0.2, 0.25) is 0 Å². The first-order valence-corrected chi connectivity index (χ1v) is 8.24. The van der Waals surface area contributed by atoms with Crippen LogP contribution in [0.15, 0.2) is 39.9 Å². The number of H-pyrrole nitrogens is 2. The Bertz CT molecular complexity index is 900. The molecular weight excluding hydrogens is 306 g/mol. The topological polar surface area (TPSA) is 86.0 Å². The van der Waals surface area contributed by atoms with Crippen LogP contribution in [0.5, 0.6) is 0 Å². The van der Waals surface area contributed by atoms with Crippen molar-refractivity contribution < 1.29 is 4.79 Å². The molecule has 0 spiro atoms. The van der Waals surface area contributed by atoms with Crippen molar-refractivity contribution in [3.63, 3.8) is 0 Å². The van der Waals surface area contributed by atoms with Gasteiger partial charge in [-0.05, 0) is 23.8 Å². The van der Waals surface area contributed by atoms with Crippen LogP contribution in [0.25, 0.3) is 0 Å². The number of rotatable bonds is 2. The molecule has 2 aliphatic rings. The Balaban J connectivity index is 1.54. The summed E-state index contributed by atoms with van der Waals surface area (Å²) in [5, 5.41) is 0. The van der Waals surface area contributed by atoms with Gasteiger partial charge in [-0.1, -0.05) is 37.3 Å². The lowest BCUT2D eigenvalue weighted by atomic mass is 10.0. The maximum absolute atomic E-state index is 12.9. The van der Waals surface area contributed by atoms with Gasteiger partial charge >= 0.3 is 5.69 Å². The smallest absolute Gasteiger partial charge is 0.325 e.